The van der Waals surface area contributed by atoms with Crippen molar-refractivity contribution in [2.24, 2.45) is 5.92 Å². The highest BCUT2D eigenvalue weighted by molar-refractivity contribution is 5.21. The number of hydrogen-bond acceptors (Lipinski definition) is 2. The van der Waals surface area contributed by atoms with Crippen molar-refractivity contribution in [1.29, 1.82) is 0 Å². The maximum absolute atomic E-state index is 9.76. The van der Waals surface area contributed by atoms with Crippen molar-refractivity contribution in [3.05, 3.63) is 24.3 Å². The van der Waals surface area contributed by atoms with Gasteiger partial charge in [-0.15, -0.1) is 0 Å². The zero-order valence-electron chi connectivity index (χ0n) is 8.33. The molecular weight excluding hydrogens is 164 g/mol. The van der Waals surface area contributed by atoms with Crippen LogP contribution >= 0.6 is 0 Å². The number of aliphatic hydroxyl groups is 2. The first kappa shape index (κ1) is 10.5. The van der Waals surface area contributed by atoms with Crippen LogP contribution in [0.3, 0.4) is 0 Å². The van der Waals surface area contributed by atoms with Gasteiger partial charge in [0.2, 0.25) is 0 Å². The molecule has 1 unspecified atom stereocenters. The van der Waals surface area contributed by atoms with E-state index in [0.717, 1.165) is 18.4 Å². The van der Waals surface area contributed by atoms with Crippen LogP contribution in [0.4, 0.5) is 0 Å². The first-order valence-electron chi connectivity index (χ1n) is 4.68. The van der Waals surface area contributed by atoms with E-state index in [2.05, 4.69) is 6.58 Å². The lowest BCUT2D eigenvalue weighted by molar-refractivity contribution is -0.0375. The summed E-state index contributed by atoms with van der Waals surface area (Å²) in [6.45, 7) is 7.15. The molecule has 0 bridgehead atoms. The number of rotatable bonds is 2. The molecule has 0 radical (unpaired) electrons. The van der Waals surface area contributed by atoms with Crippen LogP contribution < -0.4 is 0 Å². The second kappa shape index (κ2) is 3.64. The first-order chi connectivity index (χ1) is 5.95. The van der Waals surface area contributed by atoms with E-state index in [4.69, 9.17) is 0 Å². The monoisotopic (exact) mass is 182 g/mol. The van der Waals surface area contributed by atoms with Gasteiger partial charge < -0.3 is 10.2 Å². The van der Waals surface area contributed by atoms with E-state index in [9.17, 15) is 10.2 Å². The quantitative estimate of drug-likeness (QED) is 0.681. The van der Waals surface area contributed by atoms with Gasteiger partial charge in [0.05, 0.1) is 11.7 Å². The van der Waals surface area contributed by atoms with E-state index < -0.39 is 11.7 Å². The molecule has 1 aliphatic carbocycles. The molecule has 1 rings (SSSR count). The molecule has 0 saturated carbocycles. The molecular formula is C11H18O2. The van der Waals surface area contributed by atoms with Gasteiger partial charge in [0.25, 0.3) is 0 Å². The van der Waals surface area contributed by atoms with Crippen molar-refractivity contribution >= 4 is 0 Å². The molecule has 13 heavy (non-hydrogen) atoms. The fourth-order valence-electron chi connectivity index (χ4n) is 1.85. The van der Waals surface area contributed by atoms with Gasteiger partial charge in [-0.1, -0.05) is 24.3 Å². The van der Waals surface area contributed by atoms with Crippen LogP contribution in [-0.4, -0.2) is 21.9 Å². The third kappa shape index (κ3) is 2.42. The molecule has 74 valence electrons. The van der Waals surface area contributed by atoms with Crippen molar-refractivity contribution in [3.8, 4) is 0 Å². The maximum atomic E-state index is 9.76. The molecule has 0 spiro atoms. The van der Waals surface area contributed by atoms with E-state index in [1.165, 1.54) is 0 Å². The standard InChI is InChI=1S/C11H18O2/c1-4-8-5-6-9(10(12)7-8)11(2,3)13/h4,7,9-10,12-13H,1,5-6H2,2-3H3/t9?,10-/m0/s1. The van der Waals surface area contributed by atoms with Crippen molar-refractivity contribution in [2.45, 2.75) is 38.4 Å². The lowest BCUT2D eigenvalue weighted by atomic mass is 9.78. The van der Waals surface area contributed by atoms with Crippen LogP contribution in [0.25, 0.3) is 0 Å². The highest BCUT2D eigenvalue weighted by Crippen LogP contribution is 2.32. The molecule has 1 aliphatic rings. The van der Waals surface area contributed by atoms with Gasteiger partial charge in [0.15, 0.2) is 0 Å². The SMILES string of the molecule is C=CC1=C[C@H](O)C(C(C)(C)O)CC1. The molecule has 0 heterocycles. The van der Waals surface area contributed by atoms with Gasteiger partial charge in [0, 0.05) is 5.92 Å². The fraction of sp³-hybridized carbons (Fsp3) is 0.636. The molecule has 0 aromatic heterocycles. The second-order valence-electron chi connectivity index (χ2n) is 4.24. The summed E-state index contributed by atoms with van der Waals surface area (Å²) in [6, 6.07) is 0. The lowest BCUT2D eigenvalue weighted by Gasteiger charge is -2.35. The van der Waals surface area contributed by atoms with E-state index in [1.54, 1.807) is 26.0 Å². The Morgan fingerprint density at radius 3 is 2.62 bits per heavy atom. The van der Waals surface area contributed by atoms with Gasteiger partial charge in [-0.25, -0.2) is 0 Å². The zero-order chi connectivity index (χ0) is 10.1. The van der Waals surface area contributed by atoms with Crippen LogP contribution in [0.15, 0.2) is 24.3 Å². The Kier molecular flexibility index (Phi) is 2.94. The summed E-state index contributed by atoms with van der Waals surface area (Å²) in [6.07, 6.45) is 4.74. The second-order valence-corrected chi connectivity index (χ2v) is 4.24. The summed E-state index contributed by atoms with van der Waals surface area (Å²) in [5.74, 6) is -0.0591. The number of hydrogen-bond donors (Lipinski definition) is 2. The van der Waals surface area contributed by atoms with Crippen LogP contribution in [-0.2, 0) is 0 Å². The van der Waals surface area contributed by atoms with Gasteiger partial charge in [-0.05, 0) is 26.7 Å². The van der Waals surface area contributed by atoms with E-state index in [1.807, 2.05) is 0 Å². The third-order valence-electron chi connectivity index (χ3n) is 2.71. The molecule has 2 N–H and O–H groups in total. The summed E-state index contributed by atoms with van der Waals surface area (Å²) >= 11 is 0. The number of aliphatic hydroxyl groups excluding tert-OH is 1. The summed E-state index contributed by atoms with van der Waals surface area (Å²) in [5.41, 5.74) is 0.274. The Hall–Kier alpha value is -0.600. The van der Waals surface area contributed by atoms with Crippen molar-refractivity contribution < 1.29 is 10.2 Å². The van der Waals surface area contributed by atoms with E-state index in [0.29, 0.717) is 0 Å². The maximum Gasteiger partial charge on any atom is 0.0782 e. The first-order valence-corrected chi connectivity index (χ1v) is 4.68. The van der Waals surface area contributed by atoms with Crippen LogP contribution in [0.5, 0.6) is 0 Å². The smallest absolute Gasteiger partial charge is 0.0782 e. The molecule has 0 aromatic carbocycles. The highest BCUT2D eigenvalue weighted by atomic mass is 16.3. The average Bonchev–Trinajstić information content (AvgIpc) is 2.01. The van der Waals surface area contributed by atoms with Gasteiger partial charge in [-0.2, -0.15) is 0 Å². The lowest BCUT2D eigenvalue weighted by Crippen LogP contribution is -2.40. The third-order valence-corrected chi connectivity index (χ3v) is 2.71. The molecule has 0 aromatic rings. The Bertz CT molecular complexity index is 223. The molecule has 0 aliphatic heterocycles. The van der Waals surface area contributed by atoms with Gasteiger partial charge in [0.1, 0.15) is 0 Å². The van der Waals surface area contributed by atoms with E-state index >= 15 is 0 Å². The topological polar surface area (TPSA) is 40.5 Å². The Morgan fingerprint density at radius 1 is 1.62 bits per heavy atom. The van der Waals surface area contributed by atoms with Crippen molar-refractivity contribution in [1.82, 2.24) is 0 Å². The molecule has 0 amide bonds. The largest absolute Gasteiger partial charge is 0.390 e. The Labute approximate surface area is 79.6 Å². The van der Waals surface area contributed by atoms with E-state index in [-0.39, 0.29) is 5.92 Å². The van der Waals surface area contributed by atoms with Gasteiger partial charge in [-0.3, -0.25) is 0 Å². The predicted octanol–water partition coefficient (Wildman–Crippen LogP) is 1.64. The predicted molar refractivity (Wildman–Crippen MR) is 53.3 cm³/mol. The summed E-state index contributed by atoms with van der Waals surface area (Å²) in [5, 5.41) is 19.5. The average molecular weight is 182 g/mol. The van der Waals surface area contributed by atoms with Crippen molar-refractivity contribution in [3.63, 3.8) is 0 Å². The Morgan fingerprint density at radius 2 is 2.23 bits per heavy atom. The summed E-state index contributed by atoms with van der Waals surface area (Å²) < 4.78 is 0. The number of allylic oxidation sites excluding steroid dienone is 2. The minimum Gasteiger partial charge on any atom is -0.390 e. The minimum atomic E-state index is -0.803. The minimum absolute atomic E-state index is 0.0591. The molecule has 2 heteroatoms. The van der Waals surface area contributed by atoms with Gasteiger partial charge >= 0.3 is 0 Å². The fourth-order valence-corrected chi connectivity index (χ4v) is 1.85. The molecule has 2 nitrogen and oxygen atoms in total. The summed E-state index contributed by atoms with van der Waals surface area (Å²) in [4.78, 5) is 0. The molecule has 2 atom stereocenters. The summed E-state index contributed by atoms with van der Waals surface area (Å²) in [7, 11) is 0. The normalized spacial score (nSPS) is 29.7. The Balaban J connectivity index is 2.76. The highest BCUT2D eigenvalue weighted by Gasteiger charge is 2.33. The van der Waals surface area contributed by atoms with Crippen LogP contribution in [0.1, 0.15) is 26.7 Å². The zero-order valence-corrected chi connectivity index (χ0v) is 8.33. The van der Waals surface area contributed by atoms with Crippen molar-refractivity contribution in [2.75, 3.05) is 0 Å². The molecule has 0 fully saturated rings. The molecule has 0 saturated heterocycles. The van der Waals surface area contributed by atoms with Crippen LogP contribution in [0.2, 0.25) is 0 Å². The van der Waals surface area contributed by atoms with Crippen LogP contribution in [0, 0.1) is 5.92 Å².